The van der Waals surface area contributed by atoms with Gasteiger partial charge in [-0.25, -0.2) is 4.98 Å². The van der Waals surface area contributed by atoms with Crippen LogP contribution in [0, 0.1) is 5.92 Å². The molecule has 2 fully saturated rings. The van der Waals surface area contributed by atoms with Crippen molar-refractivity contribution in [1.82, 2.24) is 10.3 Å². The standard InChI is InChI=1S/C18H29N3/c1-3-11-19-14(2)16-9-10-18(20-13-16)21-12-5-7-15-6-4-8-17(15)21/h9-10,13-15,17,19H,3-8,11-12H2,1-2H3. The van der Waals surface area contributed by atoms with Crippen LogP contribution in [-0.4, -0.2) is 24.1 Å². The van der Waals surface area contributed by atoms with E-state index in [0.717, 1.165) is 18.5 Å². The van der Waals surface area contributed by atoms with E-state index < -0.39 is 0 Å². The van der Waals surface area contributed by atoms with Crippen LogP contribution < -0.4 is 10.2 Å². The first kappa shape index (κ1) is 14.8. The number of aromatic nitrogens is 1. The first-order chi connectivity index (χ1) is 10.3. The van der Waals surface area contributed by atoms with Crippen LogP contribution in [0.4, 0.5) is 5.82 Å². The third-order valence-corrected chi connectivity index (χ3v) is 5.26. The number of anilines is 1. The maximum Gasteiger partial charge on any atom is 0.128 e. The average Bonchev–Trinajstić information content (AvgIpc) is 3.01. The normalized spacial score (nSPS) is 26.7. The van der Waals surface area contributed by atoms with Crippen LogP contribution in [0.2, 0.25) is 0 Å². The third-order valence-electron chi connectivity index (χ3n) is 5.26. The van der Waals surface area contributed by atoms with Crippen molar-refractivity contribution < 1.29 is 0 Å². The van der Waals surface area contributed by atoms with Crippen LogP contribution in [0.1, 0.15) is 64.0 Å². The Morgan fingerprint density at radius 3 is 2.90 bits per heavy atom. The Bertz CT molecular complexity index is 442. The molecule has 3 atom stereocenters. The molecule has 1 aromatic heterocycles. The molecule has 0 aromatic carbocycles. The molecule has 2 heterocycles. The maximum atomic E-state index is 4.78. The van der Waals surface area contributed by atoms with E-state index in [1.165, 1.54) is 56.5 Å². The quantitative estimate of drug-likeness (QED) is 0.890. The van der Waals surface area contributed by atoms with Crippen LogP contribution in [0.3, 0.4) is 0 Å². The fraction of sp³-hybridized carbons (Fsp3) is 0.722. The lowest BCUT2D eigenvalue weighted by atomic mass is 9.92. The summed E-state index contributed by atoms with van der Waals surface area (Å²) in [7, 11) is 0. The molecule has 3 heteroatoms. The predicted octanol–water partition coefficient (Wildman–Crippen LogP) is 3.91. The topological polar surface area (TPSA) is 28.2 Å². The van der Waals surface area contributed by atoms with Gasteiger partial charge in [-0.3, -0.25) is 0 Å². The van der Waals surface area contributed by atoms with Crippen LogP contribution in [0.25, 0.3) is 0 Å². The molecule has 3 rings (SSSR count). The van der Waals surface area contributed by atoms with Gasteiger partial charge in [0.2, 0.25) is 0 Å². The minimum absolute atomic E-state index is 0.395. The van der Waals surface area contributed by atoms with Gasteiger partial charge in [-0.2, -0.15) is 0 Å². The Hall–Kier alpha value is -1.09. The van der Waals surface area contributed by atoms with Crippen LogP contribution in [-0.2, 0) is 0 Å². The Balaban J connectivity index is 1.68. The van der Waals surface area contributed by atoms with E-state index in [-0.39, 0.29) is 0 Å². The fourth-order valence-electron chi connectivity index (χ4n) is 4.04. The lowest BCUT2D eigenvalue weighted by molar-refractivity contribution is 0.360. The second kappa shape index (κ2) is 6.78. The summed E-state index contributed by atoms with van der Waals surface area (Å²) in [5.41, 5.74) is 1.30. The third kappa shape index (κ3) is 3.23. The van der Waals surface area contributed by atoms with Gasteiger partial charge in [0.05, 0.1) is 0 Å². The highest BCUT2D eigenvalue weighted by molar-refractivity contribution is 5.42. The SMILES string of the molecule is CCCNC(C)c1ccc(N2CCCC3CCCC32)nc1. The molecule has 1 aromatic rings. The number of piperidine rings is 1. The first-order valence-electron chi connectivity index (χ1n) is 8.75. The fourth-order valence-corrected chi connectivity index (χ4v) is 4.04. The molecule has 0 amide bonds. The van der Waals surface area contributed by atoms with Crippen LogP contribution in [0.15, 0.2) is 18.3 Å². The second-order valence-corrected chi connectivity index (χ2v) is 6.72. The van der Waals surface area contributed by atoms with Crippen molar-refractivity contribution in [2.24, 2.45) is 5.92 Å². The summed E-state index contributed by atoms with van der Waals surface area (Å²) < 4.78 is 0. The van der Waals surface area contributed by atoms with Crippen molar-refractivity contribution in [3.63, 3.8) is 0 Å². The Labute approximate surface area is 129 Å². The molecule has 1 saturated carbocycles. The first-order valence-corrected chi connectivity index (χ1v) is 8.75. The van der Waals surface area contributed by atoms with Crippen molar-refractivity contribution in [2.75, 3.05) is 18.0 Å². The van der Waals surface area contributed by atoms with E-state index in [1.54, 1.807) is 0 Å². The van der Waals surface area contributed by atoms with Crippen molar-refractivity contribution >= 4 is 5.82 Å². The van der Waals surface area contributed by atoms with Crippen molar-refractivity contribution in [3.8, 4) is 0 Å². The molecule has 2 aliphatic rings. The molecule has 0 radical (unpaired) electrons. The minimum atomic E-state index is 0.395. The highest BCUT2D eigenvalue weighted by Gasteiger charge is 2.35. The summed E-state index contributed by atoms with van der Waals surface area (Å²) in [4.78, 5) is 7.36. The van der Waals surface area contributed by atoms with Gasteiger partial charge in [0.15, 0.2) is 0 Å². The summed E-state index contributed by atoms with van der Waals surface area (Å²) in [6, 6.07) is 5.65. The molecular formula is C18H29N3. The molecule has 0 spiro atoms. The Kier molecular flexibility index (Phi) is 4.79. The van der Waals surface area contributed by atoms with E-state index >= 15 is 0 Å². The van der Waals surface area contributed by atoms with E-state index in [1.807, 2.05) is 0 Å². The number of hydrogen-bond acceptors (Lipinski definition) is 3. The second-order valence-electron chi connectivity index (χ2n) is 6.72. The number of pyridine rings is 1. The van der Waals surface area contributed by atoms with Crippen LogP contribution in [0.5, 0.6) is 0 Å². The molecule has 3 nitrogen and oxygen atoms in total. The summed E-state index contributed by atoms with van der Waals surface area (Å²) in [5.74, 6) is 2.11. The molecule has 116 valence electrons. The number of nitrogens with one attached hydrogen (secondary N) is 1. The molecule has 1 N–H and O–H groups in total. The summed E-state index contributed by atoms with van der Waals surface area (Å²) in [6.45, 7) is 6.69. The molecule has 0 bridgehead atoms. The van der Waals surface area contributed by atoms with E-state index in [2.05, 4.69) is 42.4 Å². The van der Waals surface area contributed by atoms with E-state index in [4.69, 9.17) is 4.98 Å². The van der Waals surface area contributed by atoms with Gasteiger partial charge >= 0.3 is 0 Å². The molecule has 1 aliphatic heterocycles. The largest absolute Gasteiger partial charge is 0.353 e. The van der Waals surface area contributed by atoms with E-state index in [0.29, 0.717) is 6.04 Å². The average molecular weight is 287 g/mol. The maximum absolute atomic E-state index is 4.78. The summed E-state index contributed by atoms with van der Waals surface area (Å²) in [6.07, 6.45) is 10.2. The van der Waals surface area contributed by atoms with Gasteiger partial charge in [0, 0.05) is 24.8 Å². The Morgan fingerprint density at radius 2 is 2.14 bits per heavy atom. The smallest absolute Gasteiger partial charge is 0.128 e. The monoisotopic (exact) mass is 287 g/mol. The zero-order valence-corrected chi connectivity index (χ0v) is 13.5. The van der Waals surface area contributed by atoms with Crippen molar-refractivity contribution in [1.29, 1.82) is 0 Å². The zero-order valence-electron chi connectivity index (χ0n) is 13.5. The van der Waals surface area contributed by atoms with E-state index in [9.17, 15) is 0 Å². The number of nitrogens with zero attached hydrogens (tertiary/aromatic N) is 2. The number of rotatable bonds is 5. The predicted molar refractivity (Wildman–Crippen MR) is 88.7 cm³/mol. The molecule has 1 aliphatic carbocycles. The lowest BCUT2D eigenvalue weighted by Gasteiger charge is -2.38. The van der Waals surface area contributed by atoms with Crippen molar-refractivity contribution in [3.05, 3.63) is 23.9 Å². The van der Waals surface area contributed by atoms with Gasteiger partial charge in [0.25, 0.3) is 0 Å². The number of hydrogen-bond donors (Lipinski definition) is 1. The number of fused-ring (bicyclic) bond motifs is 1. The minimum Gasteiger partial charge on any atom is -0.353 e. The molecule has 1 saturated heterocycles. The molecular weight excluding hydrogens is 258 g/mol. The van der Waals surface area contributed by atoms with Gasteiger partial charge in [-0.15, -0.1) is 0 Å². The van der Waals surface area contributed by atoms with Gasteiger partial charge in [-0.1, -0.05) is 19.4 Å². The Morgan fingerprint density at radius 1 is 1.29 bits per heavy atom. The highest BCUT2D eigenvalue weighted by atomic mass is 15.2. The van der Waals surface area contributed by atoms with Gasteiger partial charge in [0.1, 0.15) is 5.82 Å². The lowest BCUT2D eigenvalue weighted by Crippen LogP contribution is -2.43. The molecule has 3 unspecified atom stereocenters. The highest BCUT2D eigenvalue weighted by Crippen LogP contribution is 2.38. The zero-order chi connectivity index (χ0) is 14.7. The molecule has 21 heavy (non-hydrogen) atoms. The summed E-state index contributed by atoms with van der Waals surface area (Å²) in [5, 5.41) is 3.53. The van der Waals surface area contributed by atoms with Crippen LogP contribution >= 0.6 is 0 Å². The summed E-state index contributed by atoms with van der Waals surface area (Å²) >= 11 is 0. The van der Waals surface area contributed by atoms with Gasteiger partial charge in [-0.05, 0) is 63.1 Å². The van der Waals surface area contributed by atoms with Crippen molar-refractivity contribution in [2.45, 2.75) is 64.5 Å². The van der Waals surface area contributed by atoms with Gasteiger partial charge < -0.3 is 10.2 Å².